The Morgan fingerprint density at radius 2 is 1.93 bits per heavy atom. The highest BCUT2D eigenvalue weighted by Gasteiger charge is 2.28. The van der Waals surface area contributed by atoms with E-state index in [2.05, 4.69) is 38.1 Å². The van der Waals surface area contributed by atoms with Crippen LogP contribution in [0.2, 0.25) is 5.02 Å². The Balaban J connectivity index is 1.19. The fraction of sp³-hybridized carbons (Fsp3) is 0.394. The molecule has 44 heavy (non-hydrogen) atoms. The van der Waals surface area contributed by atoms with Gasteiger partial charge < -0.3 is 10.1 Å². The molecule has 232 valence electrons. The predicted molar refractivity (Wildman–Crippen MR) is 175 cm³/mol. The molecule has 1 aliphatic carbocycles. The van der Waals surface area contributed by atoms with E-state index in [1.165, 1.54) is 37.5 Å². The van der Waals surface area contributed by atoms with Gasteiger partial charge in [-0.05, 0) is 97.1 Å². The van der Waals surface area contributed by atoms with Crippen molar-refractivity contribution in [2.45, 2.75) is 67.8 Å². The van der Waals surface area contributed by atoms with Crippen LogP contribution >= 0.6 is 22.9 Å². The summed E-state index contributed by atoms with van der Waals surface area (Å²) >= 11 is 7.28. The highest BCUT2D eigenvalue weighted by molar-refractivity contribution is 7.91. The van der Waals surface area contributed by atoms with E-state index in [4.69, 9.17) is 16.3 Å². The van der Waals surface area contributed by atoms with Crippen molar-refractivity contribution in [2.75, 3.05) is 20.2 Å². The minimum Gasteiger partial charge on any atom is -0.481 e. The molecule has 1 fully saturated rings. The maximum absolute atomic E-state index is 13.6. The van der Waals surface area contributed by atoms with Gasteiger partial charge in [0.25, 0.3) is 10.0 Å². The van der Waals surface area contributed by atoms with Crippen molar-refractivity contribution >= 4 is 49.0 Å². The fourth-order valence-electron chi connectivity index (χ4n) is 6.24. The van der Waals surface area contributed by atoms with E-state index in [-0.39, 0.29) is 22.6 Å². The van der Waals surface area contributed by atoms with Gasteiger partial charge in [-0.25, -0.2) is 18.1 Å². The number of carbonyl (C=O) groups is 1. The quantitative estimate of drug-likeness (QED) is 0.202. The molecule has 6 rings (SSSR count). The highest BCUT2D eigenvalue weighted by atomic mass is 35.5. The van der Waals surface area contributed by atoms with Crippen LogP contribution in [-0.4, -0.2) is 44.4 Å². The summed E-state index contributed by atoms with van der Waals surface area (Å²) < 4.78 is 36.1. The van der Waals surface area contributed by atoms with Crippen LogP contribution in [0.15, 0.2) is 65.0 Å². The second-order valence-electron chi connectivity index (χ2n) is 11.6. The zero-order chi connectivity index (χ0) is 30.7. The van der Waals surface area contributed by atoms with Crippen molar-refractivity contribution in [2.24, 2.45) is 0 Å². The first-order valence-corrected chi connectivity index (χ1v) is 17.8. The number of hydrogen-bond acceptors (Lipinski definition) is 7. The van der Waals surface area contributed by atoms with Crippen molar-refractivity contribution in [1.29, 1.82) is 0 Å². The number of halogens is 1. The maximum Gasteiger partial charge on any atom is 0.250 e. The van der Waals surface area contributed by atoms with Crippen LogP contribution in [0.25, 0.3) is 10.1 Å². The molecule has 2 aromatic carbocycles. The van der Waals surface area contributed by atoms with Crippen LogP contribution in [0, 0.1) is 0 Å². The van der Waals surface area contributed by atoms with Gasteiger partial charge in [-0.3, -0.25) is 9.69 Å². The number of thiophene rings is 1. The molecule has 2 atom stereocenters. The number of methoxy groups -OCH3 is 1. The smallest absolute Gasteiger partial charge is 0.250 e. The van der Waals surface area contributed by atoms with Crippen LogP contribution in [0.1, 0.15) is 72.9 Å². The van der Waals surface area contributed by atoms with E-state index in [0.29, 0.717) is 16.5 Å². The Kier molecular flexibility index (Phi) is 9.53. The fourth-order valence-corrected chi connectivity index (χ4v) is 9.04. The first-order chi connectivity index (χ1) is 21.3. The lowest BCUT2D eigenvalue weighted by Crippen LogP contribution is -2.36. The summed E-state index contributed by atoms with van der Waals surface area (Å²) in [5.41, 5.74) is 4.33. The number of piperidine rings is 1. The van der Waals surface area contributed by atoms with Gasteiger partial charge in [0, 0.05) is 35.0 Å². The summed E-state index contributed by atoms with van der Waals surface area (Å²) in [4.78, 5) is 20.3. The molecular weight excluding hydrogens is 616 g/mol. The maximum atomic E-state index is 13.6. The SMILES string of the molecule is COc1ccc([C@@H](CC(=O)N[C@@H]2CCCc3cc(CN4CCCCC4)ccc32)NS(=O)(=O)c2cc3cc(Cl)ccc3s2)cn1. The molecule has 2 aromatic heterocycles. The molecule has 11 heteroatoms. The summed E-state index contributed by atoms with van der Waals surface area (Å²) in [6.45, 7) is 3.28. The van der Waals surface area contributed by atoms with E-state index in [9.17, 15) is 13.2 Å². The third-order valence-electron chi connectivity index (χ3n) is 8.49. The molecule has 4 aromatic rings. The van der Waals surface area contributed by atoms with Crippen molar-refractivity contribution in [3.8, 4) is 5.88 Å². The number of hydrogen-bond donors (Lipinski definition) is 2. The Bertz CT molecular complexity index is 1740. The standard InChI is InChI=1S/C33H37ClN4O4S2/c1-42-32-13-9-24(20-35-32)29(37-44(40,41)33-18-25-17-26(34)10-12-30(25)43-33)19-31(39)36-28-7-5-6-23-16-22(8-11-27(23)28)21-38-14-3-2-4-15-38/h8-13,16-18,20,28-29,37H,2-7,14-15,19,21H2,1H3,(H,36,39)/t28-,29-/m1/s1. The number of fused-ring (bicyclic) bond motifs is 2. The summed E-state index contributed by atoms with van der Waals surface area (Å²) in [5.74, 6) is 0.173. The van der Waals surface area contributed by atoms with Gasteiger partial charge in [0.2, 0.25) is 11.8 Å². The first kappa shape index (κ1) is 31.0. The number of pyridine rings is 1. The zero-order valence-corrected chi connectivity index (χ0v) is 27.1. The number of nitrogens with zero attached hydrogens (tertiary/aromatic N) is 2. The largest absolute Gasteiger partial charge is 0.481 e. The summed E-state index contributed by atoms with van der Waals surface area (Å²) in [5, 5.41) is 4.49. The summed E-state index contributed by atoms with van der Waals surface area (Å²) in [6.07, 6.45) is 8.14. The molecule has 0 spiro atoms. The number of rotatable bonds is 10. The van der Waals surface area contributed by atoms with Crippen LogP contribution in [0.3, 0.4) is 0 Å². The molecule has 1 saturated heterocycles. The number of carbonyl (C=O) groups excluding carboxylic acids is 1. The van der Waals surface area contributed by atoms with Crippen molar-refractivity contribution in [1.82, 2.24) is 19.9 Å². The van der Waals surface area contributed by atoms with Gasteiger partial charge >= 0.3 is 0 Å². The number of ether oxygens (including phenoxy) is 1. The number of sulfonamides is 1. The average Bonchev–Trinajstić information content (AvgIpc) is 3.46. The minimum absolute atomic E-state index is 0.0805. The lowest BCUT2D eigenvalue weighted by molar-refractivity contribution is -0.122. The molecule has 0 saturated carbocycles. The average molecular weight is 653 g/mol. The summed E-state index contributed by atoms with van der Waals surface area (Å²) in [7, 11) is -2.44. The Hall–Kier alpha value is -3.02. The highest BCUT2D eigenvalue weighted by Crippen LogP contribution is 2.34. The predicted octanol–water partition coefficient (Wildman–Crippen LogP) is 6.55. The molecule has 2 N–H and O–H groups in total. The van der Waals surface area contributed by atoms with Crippen LogP contribution in [-0.2, 0) is 27.8 Å². The molecule has 0 unspecified atom stereocenters. The molecular formula is C33H37ClN4O4S2. The third-order valence-corrected chi connectivity index (χ3v) is 11.8. The number of likely N-dealkylation sites (tertiary alicyclic amines) is 1. The van der Waals surface area contributed by atoms with E-state index >= 15 is 0 Å². The number of amides is 1. The van der Waals surface area contributed by atoms with E-state index in [1.807, 2.05) is 0 Å². The Morgan fingerprint density at radius 3 is 2.70 bits per heavy atom. The minimum atomic E-state index is -3.96. The zero-order valence-electron chi connectivity index (χ0n) is 24.7. The van der Waals surface area contributed by atoms with Crippen LogP contribution in [0.5, 0.6) is 5.88 Å². The molecule has 1 aliphatic heterocycles. The third kappa shape index (κ3) is 7.26. The van der Waals surface area contributed by atoms with E-state index in [1.54, 1.807) is 42.6 Å². The molecule has 3 heterocycles. The van der Waals surface area contributed by atoms with E-state index < -0.39 is 16.1 Å². The van der Waals surface area contributed by atoms with Gasteiger partial charge in [-0.1, -0.05) is 42.3 Å². The Morgan fingerprint density at radius 1 is 1.09 bits per heavy atom. The van der Waals surface area contributed by atoms with Crippen molar-refractivity contribution in [3.63, 3.8) is 0 Å². The van der Waals surface area contributed by atoms with Crippen LogP contribution < -0.4 is 14.8 Å². The van der Waals surface area contributed by atoms with Gasteiger partial charge in [0.1, 0.15) is 4.21 Å². The second kappa shape index (κ2) is 13.5. The molecule has 2 aliphatic rings. The van der Waals surface area contributed by atoms with Gasteiger partial charge in [-0.15, -0.1) is 11.3 Å². The van der Waals surface area contributed by atoms with Gasteiger partial charge in [-0.2, -0.15) is 0 Å². The van der Waals surface area contributed by atoms with Crippen molar-refractivity contribution < 1.29 is 17.9 Å². The Labute approximate surface area is 267 Å². The number of nitrogens with one attached hydrogen (secondary N) is 2. The molecule has 0 bridgehead atoms. The molecule has 8 nitrogen and oxygen atoms in total. The second-order valence-corrected chi connectivity index (χ2v) is 15.1. The molecule has 1 amide bonds. The summed E-state index contributed by atoms with van der Waals surface area (Å²) in [6, 6.07) is 16.0. The van der Waals surface area contributed by atoms with Gasteiger partial charge in [0.15, 0.2) is 0 Å². The van der Waals surface area contributed by atoms with Crippen molar-refractivity contribution in [3.05, 3.63) is 88.1 Å². The number of aromatic nitrogens is 1. The van der Waals surface area contributed by atoms with Gasteiger partial charge in [0.05, 0.1) is 19.2 Å². The van der Waals surface area contributed by atoms with Crippen LogP contribution in [0.4, 0.5) is 0 Å². The number of benzene rings is 2. The lowest BCUT2D eigenvalue weighted by Gasteiger charge is -2.29. The first-order valence-electron chi connectivity index (χ1n) is 15.1. The monoisotopic (exact) mass is 652 g/mol. The topological polar surface area (TPSA) is 101 Å². The lowest BCUT2D eigenvalue weighted by atomic mass is 9.86. The number of aryl methyl sites for hydroxylation is 1. The molecule has 0 radical (unpaired) electrons. The van der Waals surface area contributed by atoms with E-state index in [0.717, 1.165) is 65.9 Å². The normalized spacial score (nSPS) is 18.1.